The van der Waals surface area contributed by atoms with Crippen molar-refractivity contribution in [2.45, 2.75) is 0 Å². The van der Waals surface area contributed by atoms with Gasteiger partial charge in [-0.15, -0.1) is 0 Å². The third kappa shape index (κ3) is 3.35. The number of nitrogens with zero attached hydrogens (tertiary/aromatic N) is 4. The molecule has 0 N–H and O–H groups in total. The van der Waals surface area contributed by atoms with Gasteiger partial charge in [-0.2, -0.15) is 0 Å². The number of para-hydroxylation sites is 2. The average Bonchev–Trinajstić information content (AvgIpc) is 3.23. The van der Waals surface area contributed by atoms with Crippen LogP contribution in [-0.4, -0.2) is 36.1 Å². The van der Waals surface area contributed by atoms with Crippen LogP contribution in [0.3, 0.4) is 0 Å². The smallest absolute Gasteiger partial charge is 0.196 e. The number of halogens is 1. The summed E-state index contributed by atoms with van der Waals surface area (Å²) >= 11 is 6.10. The highest BCUT2D eigenvalue weighted by Gasteiger charge is 2.24. The van der Waals surface area contributed by atoms with Crippen LogP contribution in [-0.2, 0) is 0 Å². The summed E-state index contributed by atoms with van der Waals surface area (Å²) in [5.41, 5.74) is 4.61. The minimum atomic E-state index is 0.682. The van der Waals surface area contributed by atoms with E-state index in [1.165, 1.54) is 5.69 Å². The average molecular weight is 441 g/mol. The number of benzene rings is 3. The van der Waals surface area contributed by atoms with E-state index in [0.717, 1.165) is 59.6 Å². The molecule has 5 nitrogen and oxygen atoms in total. The number of piperazine rings is 1. The largest absolute Gasteiger partial charge is 0.450 e. The molecule has 1 aliphatic heterocycles. The molecule has 2 aromatic heterocycles. The van der Waals surface area contributed by atoms with Crippen LogP contribution in [0.15, 0.2) is 83.3 Å². The van der Waals surface area contributed by atoms with Crippen molar-refractivity contribution in [1.29, 1.82) is 0 Å². The van der Waals surface area contributed by atoms with Gasteiger partial charge in [0.2, 0.25) is 0 Å². The van der Waals surface area contributed by atoms with Crippen LogP contribution < -0.4 is 9.80 Å². The summed E-state index contributed by atoms with van der Waals surface area (Å²) in [7, 11) is 0. The van der Waals surface area contributed by atoms with Gasteiger partial charge in [0.1, 0.15) is 11.1 Å². The Hall–Kier alpha value is -3.57. The second-order valence-electron chi connectivity index (χ2n) is 7.96. The molecule has 0 saturated carbocycles. The Kier molecular flexibility index (Phi) is 4.69. The maximum Gasteiger partial charge on any atom is 0.196 e. The monoisotopic (exact) mass is 440 g/mol. The topological polar surface area (TPSA) is 45.4 Å². The molecule has 0 radical (unpaired) electrons. The number of rotatable bonds is 3. The predicted octanol–water partition coefficient (Wildman–Crippen LogP) is 6.02. The Labute approximate surface area is 190 Å². The van der Waals surface area contributed by atoms with E-state index in [4.69, 9.17) is 26.0 Å². The van der Waals surface area contributed by atoms with E-state index in [9.17, 15) is 0 Å². The van der Waals surface area contributed by atoms with E-state index in [-0.39, 0.29) is 0 Å². The zero-order valence-corrected chi connectivity index (χ0v) is 18.2. The lowest BCUT2D eigenvalue weighted by Gasteiger charge is -2.36. The molecule has 0 bridgehead atoms. The highest BCUT2D eigenvalue weighted by atomic mass is 35.5. The van der Waals surface area contributed by atoms with Gasteiger partial charge in [0, 0.05) is 47.8 Å². The third-order valence-corrected chi connectivity index (χ3v) is 6.26. The number of hydrogen-bond donors (Lipinski definition) is 0. The molecule has 0 unspecified atom stereocenters. The lowest BCUT2D eigenvalue weighted by molar-refractivity contribution is 0.629. The molecule has 3 aromatic carbocycles. The molecule has 1 fully saturated rings. The Morgan fingerprint density at radius 2 is 1.41 bits per heavy atom. The van der Waals surface area contributed by atoms with E-state index in [1.807, 2.05) is 42.5 Å². The number of anilines is 2. The number of fused-ring (bicyclic) bond motifs is 3. The zero-order valence-electron chi connectivity index (χ0n) is 17.4. The standard InChI is InChI=1S/C26H21ClN4O/c27-19-12-10-18(11-13-19)25-28-23-21-8-4-5-9-22(21)32-24(23)26(29-25)31-16-14-30(15-17-31)20-6-2-1-3-7-20/h1-13H,14-17H2. The summed E-state index contributed by atoms with van der Waals surface area (Å²) < 4.78 is 6.26. The van der Waals surface area contributed by atoms with Crippen LogP contribution >= 0.6 is 11.6 Å². The Morgan fingerprint density at radius 3 is 2.19 bits per heavy atom. The van der Waals surface area contributed by atoms with Gasteiger partial charge in [-0.1, -0.05) is 41.9 Å². The van der Waals surface area contributed by atoms with Gasteiger partial charge in [-0.3, -0.25) is 0 Å². The van der Waals surface area contributed by atoms with E-state index in [2.05, 4.69) is 46.2 Å². The fourth-order valence-electron chi connectivity index (χ4n) is 4.33. The molecule has 0 amide bonds. The lowest BCUT2D eigenvalue weighted by Crippen LogP contribution is -2.46. The van der Waals surface area contributed by atoms with Crippen molar-refractivity contribution in [3.63, 3.8) is 0 Å². The molecule has 6 heteroatoms. The molecule has 32 heavy (non-hydrogen) atoms. The minimum absolute atomic E-state index is 0.682. The maximum absolute atomic E-state index is 6.26. The highest BCUT2D eigenvalue weighted by molar-refractivity contribution is 6.30. The normalized spacial score (nSPS) is 14.4. The zero-order chi connectivity index (χ0) is 21.5. The van der Waals surface area contributed by atoms with E-state index >= 15 is 0 Å². The maximum atomic E-state index is 6.26. The van der Waals surface area contributed by atoms with Crippen LogP contribution in [0, 0.1) is 0 Å². The second kappa shape index (κ2) is 7.84. The molecule has 0 atom stereocenters. The van der Waals surface area contributed by atoms with Crippen LogP contribution in [0.25, 0.3) is 33.5 Å². The molecule has 3 heterocycles. The van der Waals surface area contributed by atoms with Gasteiger partial charge in [0.25, 0.3) is 0 Å². The van der Waals surface area contributed by atoms with E-state index in [0.29, 0.717) is 10.8 Å². The minimum Gasteiger partial charge on any atom is -0.450 e. The second-order valence-corrected chi connectivity index (χ2v) is 8.40. The van der Waals surface area contributed by atoms with Crippen LogP contribution in [0.5, 0.6) is 0 Å². The molecule has 0 spiro atoms. The van der Waals surface area contributed by atoms with Gasteiger partial charge >= 0.3 is 0 Å². The molecule has 6 rings (SSSR count). The Balaban J connectivity index is 1.43. The number of hydrogen-bond acceptors (Lipinski definition) is 5. The van der Waals surface area contributed by atoms with Crippen molar-refractivity contribution in [2.75, 3.05) is 36.0 Å². The predicted molar refractivity (Wildman–Crippen MR) is 131 cm³/mol. The summed E-state index contributed by atoms with van der Waals surface area (Å²) in [6, 6.07) is 26.2. The lowest BCUT2D eigenvalue weighted by atomic mass is 10.2. The Bertz CT molecular complexity index is 1390. The van der Waals surface area contributed by atoms with Crippen LogP contribution in [0.4, 0.5) is 11.5 Å². The van der Waals surface area contributed by atoms with Gasteiger partial charge < -0.3 is 14.2 Å². The van der Waals surface area contributed by atoms with E-state index < -0.39 is 0 Å². The van der Waals surface area contributed by atoms with E-state index in [1.54, 1.807) is 0 Å². The quantitative estimate of drug-likeness (QED) is 0.343. The van der Waals surface area contributed by atoms with Crippen molar-refractivity contribution < 1.29 is 4.42 Å². The Morgan fingerprint density at radius 1 is 0.719 bits per heavy atom. The van der Waals surface area contributed by atoms with Gasteiger partial charge in [-0.25, -0.2) is 9.97 Å². The third-order valence-electron chi connectivity index (χ3n) is 6.00. The first-order chi connectivity index (χ1) is 15.8. The summed E-state index contributed by atoms with van der Waals surface area (Å²) in [5, 5.41) is 1.70. The van der Waals surface area contributed by atoms with Crippen molar-refractivity contribution in [3.8, 4) is 11.4 Å². The highest BCUT2D eigenvalue weighted by Crippen LogP contribution is 2.35. The summed E-state index contributed by atoms with van der Waals surface area (Å²) in [6.07, 6.45) is 0. The molecule has 5 aromatic rings. The van der Waals surface area contributed by atoms with Gasteiger partial charge in [-0.05, 0) is 48.5 Å². The van der Waals surface area contributed by atoms with Gasteiger partial charge in [0.05, 0.1) is 0 Å². The van der Waals surface area contributed by atoms with Crippen molar-refractivity contribution in [1.82, 2.24) is 9.97 Å². The van der Waals surface area contributed by atoms with Gasteiger partial charge in [0.15, 0.2) is 17.2 Å². The summed E-state index contributed by atoms with van der Waals surface area (Å²) in [6.45, 7) is 3.56. The first-order valence-corrected chi connectivity index (χ1v) is 11.1. The molecule has 158 valence electrons. The molecule has 1 saturated heterocycles. The first kappa shape index (κ1) is 19.1. The first-order valence-electron chi connectivity index (χ1n) is 10.8. The molecular formula is C26H21ClN4O. The fourth-order valence-corrected chi connectivity index (χ4v) is 4.46. The molecule has 1 aliphatic rings. The number of furan rings is 1. The molecular weight excluding hydrogens is 420 g/mol. The van der Waals surface area contributed by atoms with Crippen LogP contribution in [0.2, 0.25) is 5.02 Å². The van der Waals surface area contributed by atoms with Crippen molar-refractivity contribution >= 4 is 45.2 Å². The SMILES string of the molecule is Clc1ccc(-c2nc(N3CCN(c4ccccc4)CC3)c3oc4ccccc4c3n2)cc1. The van der Waals surface area contributed by atoms with Crippen LogP contribution in [0.1, 0.15) is 0 Å². The summed E-state index contributed by atoms with van der Waals surface area (Å²) in [4.78, 5) is 14.6. The fraction of sp³-hybridized carbons (Fsp3) is 0.154. The van der Waals surface area contributed by atoms with Crippen molar-refractivity contribution in [3.05, 3.63) is 83.9 Å². The summed E-state index contributed by atoms with van der Waals surface area (Å²) in [5.74, 6) is 1.53. The molecule has 0 aliphatic carbocycles. The number of aromatic nitrogens is 2. The van der Waals surface area contributed by atoms with Crippen molar-refractivity contribution in [2.24, 2.45) is 0 Å².